The number of amides is 2. The average molecular weight is 560 g/mol. The first-order valence-corrected chi connectivity index (χ1v) is 12.6. The van der Waals surface area contributed by atoms with Crippen molar-refractivity contribution in [2.75, 3.05) is 17.7 Å². The third kappa shape index (κ3) is 6.57. The van der Waals surface area contributed by atoms with E-state index in [0.29, 0.717) is 33.1 Å². The van der Waals surface area contributed by atoms with Crippen LogP contribution in [0.15, 0.2) is 89.9 Å². The number of methoxy groups -OCH3 is 1. The minimum Gasteiger partial charge on any atom is -0.495 e. The fourth-order valence-electron chi connectivity index (χ4n) is 4.33. The molecule has 4 aromatic rings. The molecule has 2 amide bonds. The monoisotopic (exact) mass is 559 g/mol. The normalized spacial score (nSPS) is 11.4. The maximum absolute atomic E-state index is 13.6. The number of carboxylic acid groups (broad SMARTS) is 1. The van der Waals surface area contributed by atoms with Crippen LogP contribution < -0.4 is 20.9 Å². The molecule has 0 saturated heterocycles. The van der Waals surface area contributed by atoms with E-state index in [1.807, 2.05) is 30.3 Å². The Morgan fingerprint density at radius 1 is 0.925 bits per heavy atom. The first kappa shape index (κ1) is 28.1. The van der Waals surface area contributed by atoms with Crippen LogP contribution in [0.25, 0.3) is 11.1 Å². The number of hydrogen-bond donors (Lipinski definition) is 3. The van der Waals surface area contributed by atoms with Gasteiger partial charge in [-0.2, -0.15) is 0 Å². The Bertz CT molecular complexity index is 1620. The van der Waals surface area contributed by atoms with Crippen molar-refractivity contribution in [2.45, 2.75) is 19.4 Å². The molecule has 0 aliphatic rings. The second-order valence-corrected chi connectivity index (χ2v) is 9.39. The number of nitrogens with one attached hydrogen (secondary N) is 2. The SMILES string of the molecule is COc1cn(C(Cc2ccccc2)C(=O)Nc2ccc(NC(=O)O)cc2)c(=O)cc1-c1cc(Cl)ccc1C(C)=O. The molecule has 4 rings (SSSR count). The van der Waals surface area contributed by atoms with Gasteiger partial charge in [-0.15, -0.1) is 0 Å². The second kappa shape index (κ2) is 12.3. The highest BCUT2D eigenvalue weighted by atomic mass is 35.5. The van der Waals surface area contributed by atoms with Crippen LogP contribution in [0.3, 0.4) is 0 Å². The van der Waals surface area contributed by atoms with Crippen LogP contribution in [0.1, 0.15) is 28.9 Å². The van der Waals surface area contributed by atoms with E-state index < -0.39 is 23.6 Å². The Balaban J connectivity index is 1.76. The van der Waals surface area contributed by atoms with Crippen molar-refractivity contribution in [2.24, 2.45) is 0 Å². The molecule has 0 aliphatic heterocycles. The third-order valence-electron chi connectivity index (χ3n) is 6.23. The molecule has 3 aromatic carbocycles. The smallest absolute Gasteiger partial charge is 0.409 e. The van der Waals surface area contributed by atoms with Gasteiger partial charge >= 0.3 is 6.09 Å². The first-order valence-electron chi connectivity index (χ1n) is 12.2. The van der Waals surface area contributed by atoms with Crippen LogP contribution in [0.2, 0.25) is 5.02 Å². The van der Waals surface area contributed by atoms with Gasteiger partial charge in [0.05, 0.1) is 13.3 Å². The zero-order chi connectivity index (χ0) is 28.8. The highest BCUT2D eigenvalue weighted by Gasteiger charge is 2.25. The van der Waals surface area contributed by atoms with E-state index in [4.69, 9.17) is 21.4 Å². The van der Waals surface area contributed by atoms with E-state index in [1.165, 1.54) is 43.0 Å². The lowest BCUT2D eigenvalue weighted by Crippen LogP contribution is -2.34. The fraction of sp³-hybridized carbons (Fsp3) is 0.133. The van der Waals surface area contributed by atoms with Gasteiger partial charge in [0, 0.05) is 40.0 Å². The van der Waals surface area contributed by atoms with E-state index in [1.54, 1.807) is 30.3 Å². The molecule has 0 aliphatic carbocycles. The van der Waals surface area contributed by atoms with Crippen LogP contribution in [-0.4, -0.2) is 34.6 Å². The number of carbonyl (C=O) groups excluding carboxylic acids is 2. The summed E-state index contributed by atoms with van der Waals surface area (Å²) in [5.74, 6) is -0.394. The van der Waals surface area contributed by atoms with E-state index in [0.717, 1.165) is 5.56 Å². The Kier molecular flexibility index (Phi) is 8.66. The molecular formula is C30H26ClN3O6. The van der Waals surface area contributed by atoms with Crippen LogP contribution in [0, 0.1) is 0 Å². The number of ether oxygens (including phenoxy) is 1. The largest absolute Gasteiger partial charge is 0.495 e. The van der Waals surface area contributed by atoms with Crippen LogP contribution in [0.5, 0.6) is 5.75 Å². The Hall–Kier alpha value is -4.89. The van der Waals surface area contributed by atoms with Crippen molar-refractivity contribution in [3.63, 3.8) is 0 Å². The molecular weight excluding hydrogens is 534 g/mol. The lowest BCUT2D eigenvalue weighted by Gasteiger charge is -2.22. The highest BCUT2D eigenvalue weighted by Crippen LogP contribution is 2.34. The summed E-state index contributed by atoms with van der Waals surface area (Å²) in [4.78, 5) is 50.3. The summed E-state index contributed by atoms with van der Waals surface area (Å²) in [6.07, 6.45) is 0.448. The molecule has 40 heavy (non-hydrogen) atoms. The summed E-state index contributed by atoms with van der Waals surface area (Å²) in [5, 5.41) is 14.3. The lowest BCUT2D eigenvalue weighted by molar-refractivity contribution is -0.119. The predicted octanol–water partition coefficient (Wildman–Crippen LogP) is 5.89. The van der Waals surface area contributed by atoms with E-state index in [2.05, 4.69) is 10.6 Å². The number of benzene rings is 3. The molecule has 0 radical (unpaired) electrons. The Labute approximate surface area is 235 Å². The zero-order valence-corrected chi connectivity index (χ0v) is 22.4. The number of pyridine rings is 1. The summed E-state index contributed by atoms with van der Waals surface area (Å²) in [6.45, 7) is 1.42. The van der Waals surface area contributed by atoms with Gasteiger partial charge in [0.2, 0.25) is 5.91 Å². The number of Topliss-reactive ketones (excluding diaryl/α,β-unsaturated/α-hetero) is 1. The summed E-state index contributed by atoms with van der Waals surface area (Å²) in [5.41, 5.74) is 2.29. The molecule has 3 N–H and O–H groups in total. The van der Waals surface area contributed by atoms with E-state index in [9.17, 15) is 19.2 Å². The molecule has 0 fully saturated rings. The number of nitrogens with zero attached hydrogens (tertiary/aromatic N) is 1. The predicted molar refractivity (Wildman–Crippen MR) is 154 cm³/mol. The first-order chi connectivity index (χ1) is 19.2. The summed E-state index contributed by atoms with van der Waals surface area (Å²) >= 11 is 6.21. The van der Waals surface area contributed by atoms with Crippen LogP contribution in [0.4, 0.5) is 16.2 Å². The van der Waals surface area contributed by atoms with Crippen molar-refractivity contribution < 1.29 is 24.2 Å². The zero-order valence-electron chi connectivity index (χ0n) is 21.7. The van der Waals surface area contributed by atoms with Crippen molar-refractivity contribution >= 4 is 40.8 Å². The van der Waals surface area contributed by atoms with Crippen molar-refractivity contribution in [3.8, 4) is 16.9 Å². The van der Waals surface area contributed by atoms with Gasteiger partial charge in [-0.05, 0) is 60.5 Å². The third-order valence-corrected chi connectivity index (χ3v) is 6.46. The molecule has 9 nitrogen and oxygen atoms in total. The molecule has 1 unspecified atom stereocenters. The van der Waals surface area contributed by atoms with Crippen molar-refractivity contribution in [3.05, 3.63) is 112 Å². The molecule has 0 saturated carbocycles. The molecule has 0 spiro atoms. The lowest BCUT2D eigenvalue weighted by atomic mass is 9.97. The highest BCUT2D eigenvalue weighted by molar-refractivity contribution is 6.31. The molecule has 204 valence electrons. The average Bonchev–Trinajstić information content (AvgIpc) is 2.93. The Morgan fingerprint density at radius 3 is 2.17 bits per heavy atom. The van der Waals surface area contributed by atoms with Crippen molar-refractivity contribution in [1.29, 1.82) is 0 Å². The van der Waals surface area contributed by atoms with Gasteiger partial charge in [-0.25, -0.2) is 4.79 Å². The molecule has 1 heterocycles. The fourth-order valence-corrected chi connectivity index (χ4v) is 4.50. The summed E-state index contributed by atoms with van der Waals surface area (Å²) < 4.78 is 6.91. The summed E-state index contributed by atoms with van der Waals surface area (Å²) in [7, 11) is 1.44. The summed E-state index contributed by atoms with van der Waals surface area (Å²) in [6, 6.07) is 20.5. The molecule has 0 bridgehead atoms. The van der Waals surface area contributed by atoms with Gasteiger partial charge < -0.3 is 15.2 Å². The van der Waals surface area contributed by atoms with Crippen LogP contribution >= 0.6 is 11.6 Å². The topological polar surface area (TPSA) is 127 Å². The maximum atomic E-state index is 13.6. The second-order valence-electron chi connectivity index (χ2n) is 8.95. The van der Waals surface area contributed by atoms with Gasteiger partial charge in [0.15, 0.2) is 5.78 Å². The van der Waals surface area contributed by atoms with Gasteiger partial charge in [0.25, 0.3) is 5.56 Å². The quantitative estimate of drug-likeness (QED) is 0.219. The number of carbonyl (C=O) groups is 3. The Morgan fingerprint density at radius 2 is 1.57 bits per heavy atom. The number of aromatic nitrogens is 1. The molecule has 1 atom stereocenters. The minimum absolute atomic E-state index is 0.198. The number of ketones is 1. The maximum Gasteiger partial charge on any atom is 0.409 e. The molecule has 10 heteroatoms. The number of halogens is 1. The van der Waals surface area contributed by atoms with Gasteiger partial charge in [-0.1, -0.05) is 41.9 Å². The number of anilines is 2. The van der Waals surface area contributed by atoms with E-state index >= 15 is 0 Å². The number of rotatable bonds is 9. The van der Waals surface area contributed by atoms with Crippen molar-refractivity contribution in [1.82, 2.24) is 4.57 Å². The molecule has 1 aromatic heterocycles. The van der Waals surface area contributed by atoms with Gasteiger partial charge in [0.1, 0.15) is 11.8 Å². The standard InChI is InChI=1S/C30H26ClN3O6/c1-18(35)23-13-8-20(31)15-24(23)25-16-28(36)34(17-27(25)40-2)26(14-19-6-4-3-5-7-19)29(37)32-21-9-11-22(12-10-21)33-30(38)39/h3-13,15-17,26,33H,14H2,1-2H3,(H,32,37)(H,38,39). The van der Waals surface area contributed by atoms with Gasteiger partial charge in [-0.3, -0.25) is 24.3 Å². The van der Waals surface area contributed by atoms with Crippen LogP contribution in [-0.2, 0) is 11.2 Å². The minimum atomic E-state index is -1.20. The number of hydrogen-bond acceptors (Lipinski definition) is 5. The van der Waals surface area contributed by atoms with E-state index in [-0.39, 0.29) is 18.0 Å².